The van der Waals surface area contributed by atoms with Crippen LogP contribution < -0.4 is 14.2 Å². The molecule has 6 nitrogen and oxygen atoms in total. The summed E-state index contributed by atoms with van der Waals surface area (Å²) in [6.45, 7) is 0. The van der Waals surface area contributed by atoms with Crippen LogP contribution in [0.5, 0.6) is 17.2 Å². The molecule has 0 heterocycles. The second-order valence-electron chi connectivity index (χ2n) is 4.58. The van der Waals surface area contributed by atoms with Crippen molar-refractivity contribution in [3.63, 3.8) is 0 Å². The van der Waals surface area contributed by atoms with Gasteiger partial charge in [-0.25, -0.2) is 0 Å². The van der Waals surface area contributed by atoms with E-state index in [1.54, 1.807) is 42.5 Å². The second-order valence-corrected chi connectivity index (χ2v) is 4.58. The molecule has 120 valence electrons. The molecule has 0 amide bonds. The van der Waals surface area contributed by atoms with Gasteiger partial charge in [-0.05, 0) is 24.3 Å². The molecular formula is C17H17NO5. The molecule has 23 heavy (non-hydrogen) atoms. The predicted molar refractivity (Wildman–Crippen MR) is 87.4 cm³/mol. The van der Waals surface area contributed by atoms with E-state index in [4.69, 9.17) is 14.2 Å². The summed E-state index contributed by atoms with van der Waals surface area (Å²) in [6.07, 6.45) is 1.45. The van der Waals surface area contributed by atoms with Gasteiger partial charge in [0.25, 0.3) is 5.70 Å². The largest absolute Gasteiger partial charge is 0.493 e. The van der Waals surface area contributed by atoms with Crippen molar-refractivity contribution in [3.8, 4) is 17.2 Å². The Hall–Kier alpha value is -3.02. The third-order valence-corrected chi connectivity index (χ3v) is 3.29. The van der Waals surface area contributed by atoms with E-state index in [2.05, 4.69) is 0 Å². The highest BCUT2D eigenvalue weighted by molar-refractivity contribution is 5.80. The molecule has 0 bridgehead atoms. The summed E-state index contributed by atoms with van der Waals surface area (Å²) in [7, 11) is 4.47. The van der Waals surface area contributed by atoms with Gasteiger partial charge in [0, 0.05) is 11.6 Å². The number of nitrogens with zero attached hydrogens (tertiary/aromatic N) is 1. The highest BCUT2D eigenvalue weighted by atomic mass is 16.6. The minimum absolute atomic E-state index is 0.0314. The van der Waals surface area contributed by atoms with Crippen molar-refractivity contribution >= 4 is 11.8 Å². The number of hydrogen-bond donors (Lipinski definition) is 0. The quantitative estimate of drug-likeness (QED) is 0.463. The van der Waals surface area contributed by atoms with Crippen LogP contribution in [0.15, 0.2) is 42.5 Å². The smallest absolute Gasteiger partial charge is 0.277 e. The van der Waals surface area contributed by atoms with Gasteiger partial charge in [0.2, 0.25) is 5.75 Å². The van der Waals surface area contributed by atoms with Gasteiger partial charge in [0.1, 0.15) is 0 Å². The molecule has 0 aliphatic rings. The van der Waals surface area contributed by atoms with Gasteiger partial charge in [-0.1, -0.05) is 18.2 Å². The summed E-state index contributed by atoms with van der Waals surface area (Å²) < 4.78 is 15.9. The van der Waals surface area contributed by atoms with Crippen LogP contribution in [0.4, 0.5) is 0 Å². The summed E-state index contributed by atoms with van der Waals surface area (Å²) in [5, 5.41) is 11.4. The van der Waals surface area contributed by atoms with Gasteiger partial charge in [0.15, 0.2) is 11.5 Å². The fourth-order valence-electron chi connectivity index (χ4n) is 2.24. The van der Waals surface area contributed by atoms with E-state index in [1.807, 2.05) is 0 Å². The van der Waals surface area contributed by atoms with Crippen LogP contribution in [0.3, 0.4) is 0 Å². The zero-order valence-corrected chi connectivity index (χ0v) is 13.1. The molecule has 0 atom stereocenters. The molecule has 2 aromatic carbocycles. The van der Waals surface area contributed by atoms with Crippen molar-refractivity contribution in [2.75, 3.05) is 21.3 Å². The highest BCUT2D eigenvalue weighted by Crippen LogP contribution is 2.41. The Bertz CT molecular complexity index is 725. The van der Waals surface area contributed by atoms with Crippen molar-refractivity contribution in [3.05, 3.63) is 63.7 Å². The number of rotatable bonds is 6. The van der Waals surface area contributed by atoms with Crippen LogP contribution in [-0.4, -0.2) is 26.3 Å². The maximum atomic E-state index is 11.4. The molecular weight excluding hydrogens is 298 g/mol. The third kappa shape index (κ3) is 3.42. The van der Waals surface area contributed by atoms with Gasteiger partial charge in [-0.15, -0.1) is 0 Å². The number of nitro groups is 1. The van der Waals surface area contributed by atoms with Crippen molar-refractivity contribution in [1.29, 1.82) is 0 Å². The lowest BCUT2D eigenvalue weighted by Crippen LogP contribution is -2.00. The molecule has 0 aliphatic heterocycles. The van der Waals surface area contributed by atoms with Crippen molar-refractivity contribution in [2.45, 2.75) is 0 Å². The topological polar surface area (TPSA) is 70.8 Å². The number of methoxy groups -OCH3 is 3. The summed E-state index contributed by atoms with van der Waals surface area (Å²) in [6, 6.07) is 12.0. The molecule has 0 saturated carbocycles. The monoisotopic (exact) mass is 315 g/mol. The van der Waals surface area contributed by atoms with E-state index >= 15 is 0 Å². The Kier molecular flexibility index (Phi) is 5.19. The van der Waals surface area contributed by atoms with Gasteiger partial charge >= 0.3 is 0 Å². The highest BCUT2D eigenvalue weighted by Gasteiger charge is 2.19. The molecule has 2 rings (SSSR count). The Morgan fingerprint density at radius 2 is 1.61 bits per heavy atom. The Morgan fingerprint density at radius 1 is 0.957 bits per heavy atom. The van der Waals surface area contributed by atoms with E-state index in [1.165, 1.54) is 27.4 Å². The number of ether oxygens (including phenoxy) is 3. The van der Waals surface area contributed by atoms with E-state index in [0.29, 0.717) is 28.4 Å². The normalized spacial score (nSPS) is 11.0. The molecule has 0 fully saturated rings. The summed E-state index contributed by atoms with van der Waals surface area (Å²) in [5.41, 5.74) is 1.01. The fraction of sp³-hybridized carbons (Fsp3) is 0.176. The molecule has 0 unspecified atom stereocenters. The maximum Gasteiger partial charge on any atom is 0.277 e. The van der Waals surface area contributed by atoms with Crippen LogP contribution in [-0.2, 0) is 0 Å². The van der Waals surface area contributed by atoms with Gasteiger partial charge in [0.05, 0.1) is 31.8 Å². The van der Waals surface area contributed by atoms with E-state index in [-0.39, 0.29) is 5.70 Å². The van der Waals surface area contributed by atoms with Crippen LogP contribution in [0, 0.1) is 10.1 Å². The Morgan fingerprint density at radius 3 is 2.13 bits per heavy atom. The Balaban J connectivity index is 2.62. The fourth-order valence-corrected chi connectivity index (χ4v) is 2.24. The zero-order valence-electron chi connectivity index (χ0n) is 13.1. The van der Waals surface area contributed by atoms with E-state index in [9.17, 15) is 10.1 Å². The second kappa shape index (κ2) is 7.31. The van der Waals surface area contributed by atoms with Crippen molar-refractivity contribution < 1.29 is 19.1 Å². The van der Waals surface area contributed by atoms with Gasteiger partial charge < -0.3 is 14.2 Å². The number of hydrogen-bond acceptors (Lipinski definition) is 5. The lowest BCUT2D eigenvalue weighted by Gasteiger charge is -2.14. The molecule has 2 aromatic rings. The average Bonchev–Trinajstić information content (AvgIpc) is 2.59. The molecule has 0 aromatic heterocycles. The molecule has 0 N–H and O–H groups in total. The van der Waals surface area contributed by atoms with Gasteiger partial charge in [-0.2, -0.15) is 0 Å². The summed E-state index contributed by atoms with van der Waals surface area (Å²) in [5.74, 6) is 1.26. The minimum atomic E-state index is -0.425. The van der Waals surface area contributed by atoms with E-state index in [0.717, 1.165) is 0 Å². The molecule has 0 radical (unpaired) electrons. The van der Waals surface area contributed by atoms with Crippen molar-refractivity contribution in [1.82, 2.24) is 0 Å². The van der Waals surface area contributed by atoms with Crippen LogP contribution >= 0.6 is 0 Å². The minimum Gasteiger partial charge on any atom is -0.493 e. The van der Waals surface area contributed by atoms with Crippen LogP contribution in [0.1, 0.15) is 11.1 Å². The lowest BCUT2D eigenvalue weighted by atomic mass is 10.1. The predicted octanol–water partition coefficient (Wildman–Crippen LogP) is 3.49. The van der Waals surface area contributed by atoms with Gasteiger partial charge in [-0.3, -0.25) is 10.1 Å². The van der Waals surface area contributed by atoms with Crippen LogP contribution in [0.2, 0.25) is 0 Å². The lowest BCUT2D eigenvalue weighted by molar-refractivity contribution is -0.374. The molecule has 6 heteroatoms. The molecule has 0 spiro atoms. The SMILES string of the molecule is COc1ccc(/C=C(\c2ccccc2)[N+](=O)[O-])c(OC)c1OC. The summed E-state index contributed by atoms with van der Waals surface area (Å²) >= 11 is 0. The zero-order chi connectivity index (χ0) is 16.8. The van der Waals surface area contributed by atoms with E-state index < -0.39 is 4.92 Å². The Labute approximate surface area is 134 Å². The first-order chi connectivity index (χ1) is 11.1. The van der Waals surface area contributed by atoms with Crippen molar-refractivity contribution in [2.24, 2.45) is 0 Å². The first kappa shape index (κ1) is 16.4. The standard InChI is InChI=1S/C17H17NO5/c1-21-15-10-9-13(16(22-2)17(15)23-3)11-14(18(19)20)12-7-5-4-6-8-12/h4-11H,1-3H3/b14-11+. The molecule has 0 saturated heterocycles. The average molecular weight is 315 g/mol. The first-order valence-electron chi connectivity index (χ1n) is 6.82. The molecule has 0 aliphatic carbocycles. The first-order valence-corrected chi connectivity index (χ1v) is 6.82. The maximum absolute atomic E-state index is 11.4. The number of benzene rings is 2. The summed E-state index contributed by atoms with van der Waals surface area (Å²) in [4.78, 5) is 11.0. The third-order valence-electron chi connectivity index (χ3n) is 3.29. The van der Waals surface area contributed by atoms with Crippen LogP contribution in [0.25, 0.3) is 11.8 Å².